The number of aromatic nitrogens is 1. The predicted octanol–water partition coefficient (Wildman–Crippen LogP) is 2.64. The molecule has 2 aromatic carbocycles. The zero-order valence-corrected chi connectivity index (χ0v) is 15.4. The van der Waals surface area contributed by atoms with Gasteiger partial charge in [-0.05, 0) is 12.1 Å². The molecule has 134 valence electrons. The minimum Gasteiger partial charge on any atom is -0.493 e. The van der Waals surface area contributed by atoms with Crippen LogP contribution in [-0.4, -0.2) is 47.1 Å². The van der Waals surface area contributed by atoms with Crippen molar-refractivity contribution in [2.45, 2.75) is 0 Å². The highest BCUT2D eigenvalue weighted by Gasteiger charge is 2.22. The van der Waals surface area contributed by atoms with Gasteiger partial charge < -0.3 is 18.9 Å². The van der Waals surface area contributed by atoms with Gasteiger partial charge in [0.25, 0.3) is 0 Å². The van der Waals surface area contributed by atoms with Gasteiger partial charge in [-0.1, -0.05) is 0 Å². The van der Waals surface area contributed by atoms with E-state index in [0.717, 1.165) is 6.26 Å². The molecule has 0 fully saturated rings. The van der Waals surface area contributed by atoms with E-state index in [9.17, 15) is 8.42 Å². The van der Waals surface area contributed by atoms with Crippen molar-refractivity contribution in [3.63, 3.8) is 0 Å². The number of rotatable bonds is 5. The molecule has 0 amide bonds. The summed E-state index contributed by atoms with van der Waals surface area (Å²) in [6.45, 7) is 0. The second-order valence-corrected chi connectivity index (χ2v) is 7.31. The number of hydrogen-bond donors (Lipinski definition) is 0. The molecule has 0 radical (unpaired) electrons. The summed E-state index contributed by atoms with van der Waals surface area (Å²) in [6, 6.07) is 6.80. The molecule has 0 saturated carbocycles. The Morgan fingerprint density at radius 3 is 1.28 bits per heavy atom. The average Bonchev–Trinajstić information content (AvgIpc) is 2.91. The quantitative estimate of drug-likeness (QED) is 0.692. The molecule has 7 nitrogen and oxygen atoms in total. The van der Waals surface area contributed by atoms with Gasteiger partial charge in [-0.2, -0.15) is 0 Å². The molecule has 1 aromatic heterocycles. The molecule has 1 heterocycles. The summed E-state index contributed by atoms with van der Waals surface area (Å²) < 4.78 is 47.5. The number of ether oxygens (including phenoxy) is 4. The topological polar surface area (TPSA) is 76.0 Å². The van der Waals surface area contributed by atoms with Gasteiger partial charge in [0.05, 0.1) is 45.7 Å². The van der Waals surface area contributed by atoms with E-state index in [4.69, 9.17) is 18.9 Å². The largest absolute Gasteiger partial charge is 0.493 e. The third kappa shape index (κ3) is 2.62. The van der Waals surface area contributed by atoms with Crippen LogP contribution in [0, 0.1) is 0 Å². The fraction of sp³-hybridized carbons (Fsp3) is 0.294. The second kappa shape index (κ2) is 6.03. The number of hydrogen-bond acceptors (Lipinski definition) is 6. The van der Waals surface area contributed by atoms with Crippen molar-refractivity contribution in [1.82, 2.24) is 3.97 Å². The first-order valence-electron chi connectivity index (χ1n) is 7.38. The molecule has 0 unspecified atom stereocenters. The Hall–Kier alpha value is -2.61. The smallest absolute Gasteiger partial charge is 0.236 e. The van der Waals surface area contributed by atoms with Gasteiger partial charge in [0.2, 0.25) is 10.0 Å². The van der Waals surface area contributed by atoms with E-state index in [1.165, 1.54) is 32.4 Å². The Morgan fingerprint density at radius 1 is 0.680 bits per heavy atom. The van der Waals surface area contributed by atoms with E-state index >= 15 is 0 Å². The van der Waals surface area contributed by atoms with Crippen molar-refractivity contribution < 1.29 is 27.4 Å². The van der Waals surface area contributed by atoms with Crippen LogP contribution in [0.4, 0.5) is 0 Å². The monoisotopic (exact) mass is 365 g/mol. The Labute approximate surface area is 145 Å². The van der Waals surface area contributed by atoms with Gasteiger partial charge in [-0.25, -0.2) is 12.4 Å². The van der Waals surface area contributed by atoms with Crippen LogP contribution in [0.1, 0.15) is 0 Å². The standard InChI is InChI=1S/C17H19NO6S/c1-21-14-6-10-11-7-15(22-2)17(24-4)9-13(11)18(25(5,19)20)12(10)8-16(14)23-3/h6-9H,1-5H3. The highest BCUT2D eigenvalue weighted by atomic mass is 32.2. The zero-order valence-electron chi connectivity index (χ0n) is 14.6. The predicted molar refractivity (Wildman–Crippen MR) is 95.9 cm³/mol. The number of nitrogens with zero attached hydrogens (tertiary/aromatic N) is 1. The first kappa shape index (κ1) is 17.2. The zero-order chi connectivity index (χ0) is 18.4. The van der Waals surface area contributed by atoms with Crippen LogP contribution in [0.25, 0.3) is 21.8 Å². The summed E-state index contributed by atoms with van der Waals surface area (Å²) >= 11 is 0. The fourth-order valence-electron chi connectivity index (χ4n) is 2.99. The maximum absolute atomic E-state index is 12.4. The van der Waals surface area contributed by atoms with Crippen LogP contribution in [0.3, 0.4) is 0 Å². The van der Waals surface area contributed by atoms with Crippen molar-refractivity contribution in [3.05, 3.63) is 24.3 Å². The molecule has 0 N–H and O–H groups in total. The van der Waals surface area contributed by atoms with E-state index in [-0.39, 0.29) is 0 Å². The van der Waals surface area contributed by atoms with Crippen molar-refractivity contribution in [1.29, 1.82) is 0 Å². The lowest BCUT2D eigenvalue weighted by Crippen LogP contribution is -2.09. The van der Waals surface area contributed by atoms with Crippen LogP contribution < -0.4 is 18.9 Å². The van der Waals surface area contributed by atoms with Crippen molar-refractivity contribution in [3.8, 4) is 23.0 Å². The van der Waals surface area contributed by atoms with Crippen LogP contribution in [0.15, 0.2) is 24.3 Å². The second-order valence-electron chi connectivity index (χ2n) is 5.48. The SMILES string of the molecule is COc1cc2c3cc(OC)c(OC)cc3n(S(C)(=O)=O)c2cc1OC. The Kier molecular flexibility index (Phi) is 4.16. The van der Waals surface area contributed by atoms with E-state index < -0.39 is 10.0 Å². The molecule has 0 aliphatic heterocycles. The third-order valence-electron chi connectivity index (χ3n) is 4.06. The molecule has 0 aliphatic rings. The van der Waals surface area contributed by atoms with E-state index in [1.807, 2.05) is 0 Å². The molecular formula is C17H19NO6S. The minimum atomic E-state index is -3.58. The van der Waals surface area contributed by atoms with Crippen LogP contribution >= 0.6 is 0 Å². The van der Waals surface area contributed by atoms with Gasteiger partial charge in [-0.15, -0.1) is 0 Å². The summed E-state index contributed by atoms with van der Waals surface area (Å²) in [6.07, 6.45) is 1.15. The fourth-order valence-corrected chi connectivity index (χ4v) is 4.01. The van der Waals surface area contributed by atoms with Crippen LogP contribution in [0.2, 0.25) is 0 Å². The van der Waals surface area contributed by atoms with Gasteiger partial charge >= 0.3 is 0 Å². The van der Waals surface area contributed by atoms with Gasteiger partial charge in [0, 0.05) is 22.9 Å². The Morgan fingerprint density at radius 2 is 1.00 bits per heavy atom. The summed E-state index contributed by atoms with van der Waals surface area (Å²) in [7, 11) is 2.49. The van der Waals surface area contributed by atoms with E-state index in [2.05, 4.69) is 0 Å². The third-order valence-corrected chi connectivity index (χ3v) is 5.12. The van der Waals surface area contributed by atoms with E-state index in [1.54, 1.807) is 24.3 Å². The molecular weight excluding hydrogens is 346 g/mol. The Balaban J connectivity index is 2.58. The number of methoxy groups -OCH3 is 4. The summed E-state index contributed by atoms with van der Waals surface area (Å²) in [5.41, 5.74) is 0.982. The van der Waals surface area contributed by atoms with Crippen LogP contribution in [0.5, 0.6) is 23.0 Å². The lowest BCUT2D eigenvalue weighted by molar-refractivity contribution is 0.355. The molecule has 0 bridgehead atoms. The van der Waals surface area contributed by atoms with Crippen molar-refractivity contribution in [2.75, 3.05) is 34.7 Å². The maximum Gasteiger partial charge on any atom is 0.236 e. The number of benzene rings is 2. The highest BCUT2D eigenvalue weighted by Crippen LogP contribution is 2.42. The maximum atomic E-state index is 12.4. The van der Waals surface area contributed by atoms with Gasteiger partial charge in [-0.3, -0.25) is 0 Å². The highest BCUT2D eigenvalue weighted by molar-refractivity contribution is 7.89. The molecule has 0 saturated heterocycles. The van der Waals surface area contributed by atoms with Crippen molar-refractivity contribution in [2.24, 2.45) is 0 Å². The lowest BCUT2D eigenvalue weighted by atomic mass is 10.1. The normalized spacial score (nSPS) is 11.7. The molecule has 0 atom stereocenters. The van der Waals surface area contributed by atoms with E-state index in [0.29, 0.717) is 44.8 Å². The molecule has 3 aromatic rings. The van der Waals surface area contributed by atoms with Gasteiger partial charge in [0.1, 0.15) is 0 Å². The molecule has 0 spiro atoms. The summed E-state index contributed by atoms with van der Waals surface area (Å²) in [4.78, 5) is 0. The summed E-state index contributed by atoms with van der Waals surface area (Å²) in [5, 5.41) is 1.41. The van der Waals surface area contributed by atoms with Crippen LogP contribution in [-0.2, 0) is 10.0 Å². The number of fused-ring (bicyclic) bond motifs is 3. The first-order chi connectivity index (χ1) is 11.8. The summed E-state index contributed by atoms with van der Waals surface area (Å²) in [5.74, 6) is 1.91. The molecule has 8 heteroatoms. The molecule has 25 heavy (non-hydrogen) atoms. The lowest BCUT2D eigenvalue weighted by Gasteiger charge is -2.09. The minimum absolute atomic E-state index is 0.446. The first-order valence-corrected chi connectivity index (χ1v) is 9.23. The molecule has 0 aliphatic carbocycles. The van der Waals surface area contributed by atoms with Crippen molar-refractivity contribution >= 4 is 31.8 Å². The average molecular weight is 365 g/mol. The Bertz CT molecular complexity index is 999. The van der Waals surface area contributed by atoms with Gasteiger partial charge in [0.15, 0.2) is 23.0 Å². The molecule has 3 rings (SSSR count).